The highest BCUT2D eigenvalue weighted by atomic mass is 35.5. The van der Waals surface area contributed by atoms with E-state index in [1.807, 2.05) is 52.8 Å². The first kappa shape index (κ1) is 21.1. The van der Waals surface area contributed by atoms with Crippen LogP contribution in [0.4, 0.5) is 5.69 Å². The number of nitrogens with zero attached hydrogens (tertiary/aromatic N) is 1. The summed E-state index contributed by atoms with van der Waals surface area (Å²) in [7, 11) is -0.633. The van der Waals surface area contributed by atoms with Crippen molar-refractivity contribution in [1.29, 1.82) is 0 Å². The van der Waals surface area contributed by atoms with Gasteiger partial charge in [0.2, 0.25) is 5.88 Å². The van der Waals surface area contributed by atoms with Crippen molar-refractivity contribution < 1.29 is 18.3 Å². The van der Waals surface area contributed by atoms with Gasteiger partial charge in [0, 0.05) is 11.9 Å². The minimum Gasteiger partial charge on any atom is -0.480 e. The van der Waals surface area contributed by atoms with Crippen molar-refractivity contribution >= 4 is 40.9 Å². The third-order valence-electron chi connectivity index (χ3n) is 5.17. The summed E-state index contributed by atoms with van der Waals surface area (Å²) < 4.78 is 33.3. The average molecular weight is 423 g/mol. The topological polar surface area (TPSA) is 69.7 Å². The van der Waals surface area contributed by atoms with Crippen molar-refractivity contribution in [3.05, 3.63) is 41.0 Å². The zero-order chi connectivity index (χ0) is 20.7. The minimum atomic E-state index is -1.61. The van der Waals surface area contributed by atoms with Gasteiger partial charge in [0.1, 0.15) is 4.90 Å². The Kier molecular flexibility index (Phi) is 5.78. The molecule has 1 saturated heterocycles. The fourth-order valence-corrected chi connectivity index (χ4v) is 3.99. The summed E-state index contributed by atoms with van der Waals surface area (Å²) >= 11 is 5.99. The van der Waals surface area contributed by atoms with E-state index in [4.69, 9.17) is 25.6 Å². The summed E-state index contributed by atoms with van der Waals surface area (Å²) in [4.78, 5) is 4.43. The molecule has 1 aliphatic heterocycles. The largest absolute Gasteiger partial charge is 0.495 e. The molecule has 1 N–H and O–H groups in total. The van der Waals surface area contributed by atoms with Crippen LogP contribution in [0.15, 0.2) is 35.4 Å². The lowest BCUT2D eigenvalue weighted by Crippen LogP contribution is -2.41. The van der Waals surface area contributed by atoms with Gasteiger partial charge in [0.15, 0.2) is 11.0 Å². The molecule has 0 amide bonds. The van der Waals surface area contributed by atoms with Crippen LogP contribution in [-0.2, 0) is 20.3 Å². The van der Waals surface area contributed by atoms with E-state index in [9.17, 15) is 4.21 Å². The molecule has 1 aromatic heterocycles. The molecular weight excluding hydrogens is 399 g/mol. The number of rotatable bonds is 5. The first-order chi connectivity index (χ1) is 13.0. The van der Waals surface area contributed by atoms with Gasteiger partial charge in [-0.2, -0.15) is 0 Å². The van der Waals surface area contributed by atoms with E-state index in [1.165, 1.54) is 13.3 Å². The Bertz CT molecular complexity index is 907. The zero-order valence-electron chi connectivity index (χ0n) is 16.8. The normalized spacial score (nSPS) is 18.8. The van der Waals surface area contributed by atoms with Crippen molar-refractivity contribution in [2.45, 2.75) is 50.7 Å². The number of aryl methyl sites for hydroxylation is 1. The Balaban J connectivity index is 1.87. The number of halogens is 1. The highest BCUT2D eigenvalue weighted by molar-refractivity contribution is 7.86. The lowest BCUT2D eigenvalue weighted by atomic mass is 9.76. The highest BCUT2D eigenvalue weighted by Gasteiger charge is 2.52. The lowest BCUT2D eigenvalue weighted by Gasteiger charge is -2.32. The van der Waals surface area contributed by atoms with Gasteiger partial charge >= 0.3 is 7.12 Å². The summed E-state index contributed by atoms with van der Waals surface area (Å²) in [6.07, 6.45) is 1.45. The molecule has 1 fully saturated rings. The zero-order valence-corrected chi connectivity index (χ0v) is 18.4. The summed E-state index contributed by atoms with van der Waals surface area (Å²) in [6, 6.07) is 7.25. The number of hydrogen-bond donors (Lipinski definition) is 1. The van der Waals surface area contributed by atoms with Crippen LogP contribution < -0.4 is 14.9 Å². The summed E-state index contributed by atoms with van der Waals surface area (Å²) in [6.45, 7) is 10.0. The molecule has 0 radical (unpaired) electrons. The van der Waals surface area contributed by atoms with Gasteiger partial charge in [-0.15, -0.1) is 0 Å². The van der Waals surface area contributed by atoms with Crippen LogP contribution in [0.25, 0.3) is 0 Å². The maximum Gasteiger partial charge on any atom is 0.495 e. The van der Waals surface area contributed by atoms with Crippen LogP contribution in [0.1, 0.15) is 33.3 Å². The number of pyridine rings is 1. The molecule has 9 heteroatoms. The predicted octanol–water partition coefficient (Wildman–Crippen LogP) is 3.49. The van der Waals surface area contributed by atoms with Gasteiger partial charge in [-0.3, -0.25) is 0 Å². The molecule has 0 bridgehead atoms. The van der Waals surface area contributed by atoms with E-state index in [-0.39, 0.29) is 5.88 Å². The second kappa shape index (κ2) is 7.67. The molecule has 3 rings (SSSR count). The van der Waals surface area contributed by atoms with Crippen LogP contribution in [0.5, 0.6) is 5.88 Å². The number of anilines is 1. The fourth-order valence-electron chi connectivity index (χ4n) is 2.78. The highest BCUT2D eigenvalue weighted by Crippen LogP contribution is 2.37. The Morgan fingerprint density at radius 1 is 1.18 bits per heavy atom. The third-order valence-corrected chi connectivity index (χ3v) is 6.49. The minimum absolute atomic E-state index is 0.258. The first-order valence-corrected chi connectivity index (χ1v) is 10.4. The molecule has 2 heterocycles. The van der Waals surface area contributed by atoms with Crippen molar-refractivity contribution in [1.82, 2.24) is 4.98 Å². The van der Waals surface area contributed by atoms with Gasteiger partial charge in [-0.05, 0) is 58.3 Å². The van der Waals surface area contributed by atoms with Crippen molar-refractivity contribution in [3.8, 4) is 5.88 Å². The van der Waals surface area contributed by atoms with Gasteiger partial charge in [0.05, 0.1) is 23.3 Å². The lowest BCUT2D eigenvalue weighted by molar-refractivity contribution is 0.00578. The molecule has 0 aliphatic carbocycles. The standard InChI is InChI=1S/C19H24BClN2O4S/c1-12-7-8-14(10-15(12)20-26-18(2,3)19(4,5)27-20)23-28(24)16-9-13(21)11-22-17(16)25-6/h7-11,23H,1-6H3. The third kappa shape index (κ3) is 4.05. The number of hydrogen-bond acceptors (Lipinski definition) is 5. The fraction of sp³-hybridized carbons (Fsp3) is 0.421. The van der Waals surface area contributed by atoms with E-state index in [2.05, 4.69) is 9.71 Å². The van der Waals surface area contributed by atoms with E-state index in [1.54, 1.807) is 6.07 Å². The Hall–Kier alpha value is -1.61. The van der Waals surface area contributed by atoms with Crippen LogP contribution in [0.3, 0.4) is 0 Å². The van der Waals surface area contributed by atoms with Crippen LogP contribution in [0.2, 0.25) is 5.02 Å². The summed E-state index contributed by atoms with van der Waals surface area (Å²) in [5.41, 5.74) is 1.70. The number of aromatic nitrogens is 1. The summed E-state index contributed by atoms with van der Waals surface area (Å²) in [5.74, 6) is 0.258. The second-order valence-electron chi connectivity index (χ2n) is 7.69. The number of nitrogens with one attached hydrogen (secondary N) is 1. The van der Waals surface area contributed by atoms with Crippen molar-refractivity contribution in [3.63, 3.8) is 0 Å². The average Bonchev–Trinajstić information content (AvgIpc) is 2.84. The van der Waals surface area contributed by atoms with Crippen molar-refractivity contribution in [2.24, 2.45) is 0 Å². The molecule has 1 aromatic carbocycles. The molecule has 28 heavy (non-hydrogen) atoms. The molecule has 1 atom stereocenters. The molecule has 1 aliphatic rings. The molecule has 0 saturated carbocycles. The number of ether oxygens (including phenoxy) is 1. The monoisotopic (exact) mass is 422 g/mol. The van der Waals surface area contributed by atoms with E-state index in [0.29, 0.717) is 15.6 Å². The maximum absolute atomic E-state index is 12.8. The molecule has 0 spiro atoms. The van der Waals surface area contributed by atoms with Gasteiger partial charge < -0.3 is 18.8 Å². The smallest absolute Gasteiger partial charge is 0.480 e. The second-order valence-corrected chi connectivity index (χ2v) is 9.31. The van der Waals surface area contributed by atoms with Crippen LogP contribution in [-0.4, -0.2) is 34.6 Å². The predicted molar refractivity (Wildman–Crippen MR) is 113 cm³/mol. The number of methoxy groups -OCH3 is 1. The van der Waals surface area contributed by atoms with Gasteiger partial charge in [-0.1, -0.05) is 23.2 Å². The molecule has 6 nitrogen and oxygen atoms in total. The molecule has 1 unspecified atom stereocenters. The quantitative estimate of drug-likeness (QED) is 0.747. The van der Waals surface area contributed by atoms with Gasteiger partial charge in [0.25, 0.3) is 0 Å². The van der Waals surface area contributed by atoms with E-state index in [0.717, 1.165) is 11.0 Å². The SMILES string of the molecule is COc1ncc(Cl)cc1S(=O)Nc1ccc(C)c(B2OC(C)(C)C(C)(C)O2)c1. The van der Waals surface area contributed by atoms with Crippen molar-refractivity contribution in [2.75, 3.05) is 11.8 Å². The first-order valence-electron chi connectivity index (χ1n) is 8.88. The molecule has 150 valence electrons. The molecular formula is C19H24BClN2O4S. The Morgan fingerprint density at radius 3 is 2.43 bits per heavy atom. The molecule has 2 aromatic rings. The Labute approximate surface area is 173 Å². The number of benzene rings is 1. The van der Waals surface area contributed by atoms with E-state index >= 15 is 0 Å². The van der Waals surface area contributed by atoms with Crippen LogP contribution in [0, 0.1) is 6.92 Å². The Morgan fingerprint density at radius 2 is 1.82 bits per heavy atom. The van der Waals surface area contributed by atoms with Crippen LogP contribution >= 0.6 is 11.6 Å². The van der Waals surface area contributed by atoms with E-state index < -0.39 is 29.3 Å². The maximum atomic E-state index is 12.8. The van der Waals surface area contributed by atoms with Gasteiger partial charge in [-0.25, -0.2) is 9.19 Å². The summed E-state index contributed by atoms with van der Waals surface area (Å²) in [5, 5.41) is 0.382.